The minimum absolute atomic E-state index is 0.297. The van der Waals surface area contributed by atoms with E-state index < -0.39 is 37.6 Å². The van der Waals surface area contributed by atoms with Crippen molar-refractivity contribution >= 4 is 22.8 Å². The van der Waals surface area contributed by atoms with E-state index in [0.717, 1.165) is 0 Å². The average molecular weight is 407 g/mol. The number of aromatic hydroxyl groups is 1. The zero-order valence-electron chi connectivity index (χ0n) is 15.6. The van der Waals surface area contributed by atoms with Gasteiger partial charge in [-0.3, -0.25) is 35.1 Å². The van der Waals surface area contributed by atoms with Gasteiger partial charge in [-0.05, 0) is 5.92 Å². The lowest BCUT2D eigenvalue weighted by molar-refractivity contribution is -0.684. The van der Waals surface area contributed by atoms with Crippen LogP contribution in [0, 0.1) is 36.3 Å². The number of phenolic OH excluding ortho intramolecular Hbond substituents is 1. The van der Waals surface area contributed by atoms with Crippen LogP contribution in [0.2, 0.25) is 0 Å². The van der Waals surface area contributed by atoms with Crippen LogP contribution < -0.4 is 4.57 Å². The van der Waals surface area contributed by atoms with Gasteiger partial charge >= 0.3 is 11.4 Å². The van der Waals surface area contributed by atoms with Crippen molar-refractivity contribution in [1.29, 1.82) is 0 Å². The van der Waals surface area contributed by atoms with Crippen LogP contribution in [0.4, 0.5) is 17.1 Å². The first-order valence-corrected chi connectivity index (χ1v) is 8.28. The predicted octanol–water partition coefficient (Wildman–Crippen LogP) is 2.71. The highest BCUT2D eigenvalue weighted by Crippen LogP contribution is 2.38. The van der Waals surface area contributed by atoms with E-state index in [2.05, 4.69) is 13.8 Å². The second-order valence-corrected chi connectivity index (χ2v) is 6.29. The second-order valence-electron chi connectivity index (χ2n) is 6.29. The summed E-state index contributed by atoms with van der Waals surface area (Å²) in [6.07, 6.45) is 4.50. The van der Waals surface area contributed by atoms with Crippen molar-refractivity contribution < 1.29 is 29.2 Å². The number of aromatic nitrogens is 1. The maximum atomic E-state index is 11.4. The van der Waals surface area contributed by atoms with E-state index in [-0.39, 0.29) is 0 Å². The monoisotopic (exact) mass is 407 g/mol. The zero-order chi connectivity index (χ0) is 22.1. The van der Waals surface area contributed by atoms with E-state index in [1.807, 2.05) is 35.2 Å². The fourth-order valence-corrected chi connectivity index (χ4v) is 2.24. The lowest BCUT2D eigenvalue weighted by Crippen LogP contribution is -2.37. The first-order valence-electron chi connectivity index (χ1n) is 8.28. The van der Waals surface area contributed by atoms with Gasteiger partial charge in [0.15, 0.2) is 18.2 Å². The Balaban J connectivity index is 0.000000296. The van der Waals surface area contributed by atoms with E-state index in [1.165, 1.54) is 0 Å². The molecule has 0 aliphatic carbocycles. The van der Waals surface area contributed by atoms with Crippen molar-refractivity contribution in [1.82, 2.24) is 0 Å². The minimum Gasteiger partial charge on any atom is -0.497 e. The molecule has 1 aromatic carbocycles. The third kappa shape index (κ3) is 7.28. The van der Waals surface area contributed by atoms with Crippen molar-refractivity contribution in [2.45, 2.75) is 26.8 Å². The number of benzene rings is 1. The number of pyridine rings is 1. The Hall–Kier alpha value is -3.96. The molecule has 2 rings (SSSR count). The maximum Gasteiger partial charge on any atom is 0.324 e. The van der Waals surface area contributed by atoms with Gasteiger partial charge in [0.05, 0.1) is 26.9 Å². The summed E-state index contributed by atoms with van der Waals surface area (Å²) in [7, 11) is 0. The number of rotatable bonds is 7. The van der Waals surface area contributed by atoms with E-state index in [1.54, 1.807) is 0 Å². The number of Topliss-reactive ketones (excluding diaryl/α,β-unsaturated/α-hetero) is 1. The molecule has 1 aromatic heterocycles. The predicted molar refractivity (Wildman–Crippen MR) is 99.2 cm³/mol. The molecular formula is C17H19N4O8+. The number of nitro benzene ring substituents is 3. The van der Waals surface area contributed by atoms with E-state index in [9.17, 15) is 35.1 Å². The summed E-state index contributed by atoms with van der Waals surface area (Å²) < 4.78 is 1.91. The molecule has 12 heteroatoms. The highest BCUT2D eigenvalue weighted by molar-refractivity contribution is 5.77. The van der Waals surface area contributed by atoms with Gasteiger partial charge in [0.1, 0.15) is 0 Å². The average Bonchev–Trinajstić information content (AvgIpc) is 2.61. The molecule has 12 nitrogen and oxygen atoms in total. The van der Waals surface area contributed by atoms with Crippen molar-refractivity contribution in [2.75, 3.05) is 0 Å². The molecule has 1 N–H and O–H groups in total. The Labute approximate surface area is 164 Å². The first-order chi connectivity index (χ1) is 13.5. The van der Waals surface area contributed by atoms with Gasteiger partial charge in [-0.15, -0.1) is 0 Å². The highest BCUT2D eigenvalue weighted by atomic mass is 16.6. The van der Waals surface area contributed by atoms with E-state index in [4.69, 9.17) is 5.11 Å². The zero-order valence-corrected chi connectivity index (χ0v) is 15.6. The minimum atomic E-state index is -1.21. The summed E-state index contributed by atoms with van der Waals surface area (Å²) in [4.78, 5) is 39.2. The Bertz CT molecular complexity index is 880. The molecule has 0 amide bonds. The van der Waals surface area contributed by atoms with Crippen LogP contribution in [0.3, 0.4) is 0 Å². The molecule has 154 valence electrons. The molecule has 1 heterocycles. The van der Waals surface area contributed by atoms with Gasteiger partial charge in [-0.25, -0.2) is 0 Å². The lowest BCUT2D eigenvalue weighted by Gasteiger charge is -2.00. The van der Waals surface area contributed by atoms with Gasteiger partial charge in [0, 0.05) is 18.6 Å². The molecule has 29 heavy (non-hydrogen) atoms. The number of non-ortho nitro benzene ring substituents is 1. The molecule has 0 spiro atoms. The largest absolute Gasteiger partial charge is 0.497 e. The van der Waals surface area contributed by atoms with Crippen LogP contribution in [0.5, 0.6) is 5.75 Å². The van der Waals surface area contributed by atoms with Crippen LogP contribution in [0.1, 0.15) is 20.3 Å². The Morgan fingerprint density at radius 2 is 1.45 bits per heavy atom. The number of nitro groups is 3. The molecular weight excluding hydrogens is 388 g/mol. The second kappa shape index (κ2) is 10.4. The van der Waals surface area contributed by atoms with E-state index >= 15 is 0 Å². The lowest BCUT2D eigenvalue weighted by atomic mass is 10.1. The molecule has 0 radical (unpaired) electrons. The maximum absolute atomic E-state index is 11.4. The summed E-state index contributed by atoms with van der Waals surface area (Å²) in [6.45, 7) is 4.63. The molecule has 2 aromatic rings. The molecule has 0 aliphatic heterocycles. The van der Waals surface area contributed by atoms with Crippen molar-refractivity contribution in [2.24, 2.45) is 5.92 Å². The summed E-state index contributed by atoms with van der Waals surface area (Å²) in [5, 5.41) is 40.2. The molecule has 0 fully saturated rings. The number of hydrogen-bond acceptors (Lipinski definition) is 8. The van der Waals surface area contributed by atoms with Crippen LogP contribution in [-0.2, 0) is 11.3 Å². The van der Waals surface area contributed by atoms with Crippen molar-refractivity contribution in [3.8, 4) is 5.75 Å². The number of carbonyl (C=O) groups excluding carboxylic acids is 1. The molecule has 0 aliphatic rings. The van der Waals surface area contributed by atoms with Gasteiger partial charge in [0.2, 0.25) is 6.54 Å². The number of phenols is 1. The van der Waals surface area contributed by atoms with E-state index in [0.29, 0.717) is 36.8 Å². The fourth-order valence-electron chi connectivity index (χ4n) is 2.24. The first kappa shape index (κ1) is 23.1. The normalized spacial score (nSPS) is 10.0. The number of hydrogen-bond donors (Lipinski definition) is 1. The van der Waals surface area contributed by atoms with Gasteiger partial charge in [-0.2, -0.15) is 4.57 Å². The summed E-state index contributed by atoms with van der Waals surface area (Å²) in [6, 6.07) is 6.71. The third-order valence-corrected chi connectivity index (χ3v) is 3.43. The topological polar surface area (TPSA) is 171 Å². The Kier molecular flexibility index (Phi) is 8.27. The Morgan fingerprint density at radius 1 is 0.966 bits per heavy atom. The molecule has 0 saturated carbocycles. The third-order valence-electron chi connectivity index (χ3n) is 3.43. The molecule has 0 saturated heterocycles. The number of nitrogens with zero attached hydrogens (tertiary/aromatic N) is 4. The summed E-state index contributed by atoms with van der Waals surface area (Å²) in [5.41, 5.74) is -3.00. The fraction of sp³-hybridized carbons (Fsp3) is 0.294. The highest BCUT2D eigenvalue weighted by Gasteiger charge is 2.30. The quantitative estimate of drug-likeness (QED) is 0.414. The summed E-state index contributed by atoms with van der Waals surface area (Å²) in [5.74, 6) is -0.455. The Morgan fingerprint density at radius 3 is 1.83 bits per heavy atom. The van der Waals surface area contributed by atoms with Gasteiger partial charge in [0.25, 0.3) is 11.4 Å². The van der Waals surface area contributed by atoms with Crippen molar-refractivity contribution in [3.05, 3.63) is 73.1 Å². The molecule has 0 bridgehead atoms. The van der Waals surface area contributed by atoms with Crippen LogP contribution in [0.15, 0.2) is 42.7 Å². The molecule has 0 unspecified atom stereocenters. The number of ketones is 1. The van der Waals surface area contributed by atoms with Crippen LogP contribution in [-0.4, -0.2) is 25.7 Å². The molecule has 0 atom stereocenters. The number of carbonyl (C=O) groups is 1. The van der Waals surface area contributed by atoms with Crippen LogP contribution >= 0.6 is 0 Å². The van der Waals surface area contributed by atoms with Gasteiger partial charge < -0.3 is 5.11 Å². The van der Waals surface area contributed by atoms with Crippen LogP contribution in [0.25, 0.3) is 0 Å². The standard InChI is InChI=1S/C11H16NO.C6H3N3O7/c1-10(2)8-11(13)9-12-6-4-3-5-7-12;10-6-4(8(13)14)1-3(7(11)12)2-5(6)9(15)16/h3-7,10H,8-9H2,1-2H3;1-2,10H/q+1;. The summed E-state index contributed by atoms with van der Waals surface area (Å²) >= 11 is 0. The van der Waals surface area contributed by atoms with Crippen molar-refractivity contribution in [3.63, 3.8) is 0 Å². The SMILES string of the molecule is CC(C)CC(=O)C[n+]1ccccc1.O=[N+]([O-])c1cc([N+](=O)[O-])c(O)c([N+](=O)[O-])c1. The smallest absolute Gasteiger partial charge is 0.324 e. The van der Waals surface area contributed by atoms with Gasteiger partial charge in [-0.1, -0.05) is 19.9 Å².